The Hall–Kier alpha value is -3.06. The highest BCUT2D eigenvalue weighted by atomic mass is 35.5. The lowest BCUT2D eigenvalue weighted by atomic mass is 10.0. The summed E-state index contributed by atoms with van der Waals surface area (Å²) in [6.07, 6.45) is 2.12. The van der Waals surface area contributed by atoms with Crippen LogP contribution in [0.25, 0.3) is 6.08 Å². The molecule has 5 heteroatoms. The third-order valence-corrected chi connectivity index (χ3v) is 5.12. The normalized spacial score (nSPS) is 11.0. The lowest BCUT2D eigenvalue weighted by Gasteiger charge is -2.08. The Morgan fingerprint density at radius 1 is 1.00 bits per heavy atom. The lowest BCUT2D eigenvalue weighted by molar-refractivity contribution is -0.112. The summed E-state index contributed by atoms with van der Waals surface area (Å²) in [5.41, 5.74) is 4.29. The van der Waals surface area contributed by atoms with Crippen LogP contribution in [0, 0.1) is 18.3 Å². The predicted molar refractivity (Wildman–Crippen MR) is 119 cm³/mol. The van der Waals surface area contributed by atoms with E-state index in [1.165, 1.54) is 6.08 Å². The molecule has 3 nitrogen and oxygen atoms in total. The number of benzene rings is 3. The molecule has 1 N–H and O–H groups in total. The van der Waals surface area contributed by atoms with Gasteiger partial charge in [0.05, 0.1) is 0 Å². The number of aryl methyl sites for hydroxylation is 1. The van der Waals surface area contributed by atoms with E-state index in [4.69, 9.17) is 23.2 Å². The molecule has 0 radical (unpaired) electrons. The first kappa shape index (κ1) is 20.7. The standard InChI is InChI=1S/C24H18Cl2N2O/c1-16-6-10-21(11-7-16)28-24(29)20(15-27)12-17-8-9-19(23(26)13-17)14-18-4-2-3-5-22(18)25/h2-13H,14H2,1H3,(H,28,29)/b20-12+. The number of rotatable bonds is 5. The summed E-state index contributed by atoms with van der Waals surface area (Å²) in [5, 5.41) is 13.4. The van der Waals surface area contributed by atoms with Crippen molar-refractivity contribution >= 4 is 40.9 Å². The van der Waals surface area contributed by atoms with Crippen molar-refractivity contribution in [3.8, 4) is 6.07 Å². The van der Waals surface area contributed by atoms with Crippen LogP contribution in [-0.4, -0.2) is 5.91 Å². The highest BCUT2D eigenvalue weighted by Crippen LogP contribution is 2.25. The molecule has 3 aromatic carbocycles. The molecular formula is C24H18Cl2N2O. The number of carbonyl (C=O) groups is 1. The molecule has 0 saturated heterocycles. The molecule has 0 heterocycles. The topological polar surface area (TPSA) is 52.9 Å². The molecule has 0 aliphatic rings. The van der Waals surface area contributed by atoms with Gasteiger partial charge in [0.15, 0.2) is 0 Å². The number of amides is 1. The van der Waals surface area contributed by atoms with Gasteiger partial charge in [0, 0.05) is 22.2 Å². The van der Waals surface area contributed by atoms with Gasteiger partial charge in [0.2, 0.25) is 0 Å². The van der Waals surface area contributed by atoms with E-state index in [0.29, 0.717) is 27.7 Å². The zero-order valence-corrected chi connectivity index (χ0v) is 17.3. The highest BCUT2D eigenvalue weighted by Gasteiger charge is 2.11. The Labute approximate surface area is 180 Å². The number of carbonyl (C=O) groups excluding carboxylic acids is 1. The van der Waals surface area contributed by atoms with Crippen molar-refractivity contribution in [2.75, 3.05) is 5.32 Å². The average molecular weight is 421 g/mol. The van der Waals surface area contributed by atoms with E-state index in [1.807, 2.05) is 61.5 Å². The van der Waals surface area contributed by atoms with Gasteiger partial charge >= 0.3 is 0 Å². The second-order valence-corrected chi connectivity index (χ2v) is 7.42. The predicted octanol–water partition coefficient (Wildman–Crippen LogP) is 6.44. The van der Waals surface area contributed by atoms with Gasteiger partial charge in [0.1, 0.15) is 11.6 Å². The van der Waals surface area contributed by atoms with Crippen LogP contribution in [0.4, 0.5) is 5.69 Å². The Bertz CT molecular complexity index is 1110. The number of hydrogen-bond acceptors (Lipinski definition) is 2. The highest BCUT2D eigenvalue weighted by molar-refractivity contribution is 6.32. The summed E-state index contributed by atoms with van der Waals surface area (Å²) >= 11 is 12.6. The summed E-state index contributed by atoms with van der Waals surface area (Å²) in [6, 6.07) is 22.4. The minimum absolute atomic E-state index is 0.000459. The van der Waals surface area contributed by atoms with E-state index >= 15 is 0 Å². The number of hydrogen-bond donors (Lipinski definition) is 1. The fourth-order valence-corrected chi connectivity index (χ4v) is 3.25. The Morgan fingerprint density at radius 3 is 2.34 bits per heavy atom. The molecule has 0 fully saturated rings. The molecule has 0 aliphatic heterocycles. The first-order chi connectivity index (χ1) is 14.0. The Morgan fingerprint density at radius 2 is 1.69 bits per heavy atom. The summed E-state index contributed by atoms with van der Waals surface area (Å²) in [7, 11) is 0. The van der Waals surface area contributed by atoms with E-state index in [-0.39, 0.29) is 5.57 Å². The van der Waals surface area contributed by atoms with Crippen molar-refractivity contribution in [3.63, 3.8) is 0 Å². The molecule has 29 heavy (non-hydrogen) atoms. The molecule has 3 rings (SSSR count). The van der Waals surface area contributed by atoms with Gasteiger partial charge in [-0.2, -0.15) is 5.26 Å². The smallest absolute Gasteiger partial charge is 0.266 e. The third kappa shape index (κ3) is 5.48. The average Bonchev–Trinajstić information content (AvgIpc) is 2.71. The monoisotopic (exact) mass is 420 g/mol. The number of halogens is 2. The molecule has 0 aromatic heterocycles. The van der Waals surface area contributed by atoms with Crippen LogP contribution in [0.1, 0.15) is 22.3 Å². The molecule has 0 saturated carbocycles. The zero-order valence-electron chi connectivity index (χ0n) is 15.7. The maximum absolute atomic E-state index is 12.4. The lowest BCUT2D eigenvalue weighted by Crippen LogP contribution is -2.13. The van der Waals surface area contributed by atoms with Gasteiger partial charge < -0.3 is 5.32 Å². The van der Waals surface area contributed by atoms with Crippen LogP contribution >= 0.6 is 23.2 Å². The second kappa shape index (κ2) is 9.43. The summed E-state index contributed by atoms with van der Waals surface area (Å²) in [5.74, 6) is -0.465. The Kier molecular flexibility index (Phi) is 6.72. The summed E-state index contributed by atoms with van der Waals surface area (Å²) in [4.78, 5) is 12.4. The first-order valence-corrected chi connectivity index (χ1v) is 9.73. The molecule has 0 aliphatic carbocycles. The number of nitriles is 1. The van der Waals surface area contributed by atoms with Crippen LogP contribution < -0.4 is 5.32 Å². The molecule has 0 atom stereocenters. The van der Waals surface area contributed by atoms with Crippen molar-refractivity contribution in [1.82, 2.24) is 0 Å². The third-order valence-electron chi connectivity index (χ3n) is 4.40. The van der Waals surface area contributed by atoms with Crippen molar-refractivity contribution in [1.29, 1.82) is 5.26 Å². The van der Waals surface area contributed by atoms with Crippen LogP contribution in [0.2, 0.25) is 10.0 Å². The van der Waals surface area contributed by atoms with Gasteiger partial charge in [-0.3, -0.25) is 4.79 Å². The number of anilines is 1. The molecule has 3 aromatic rings. The molecule has 0 spiro atoms. The van der Waals surface area contributed by atoms with Crippen molar-refractivity contribution in [2.24, 2.45) is 0 Å². The number of nitrogens with zero attached hydrogens (tertiary/aromatic N) is 1. The molecule has 1 amide bonds. The van der Waals surface area contributed by atoms with Crippen LogP contribution in [0.15, 0.2) is 72.3 Å². The van der Waals surface area contributed by atoms with E-state index in [9.17, 15) is 10.1 Å². The largest absolute Gasteiger partial charge is 0.321 e. The summed E-state index contributed by atoms with van der Waals surface area (Å²) < 4.78 is 0. The Balaban J connectivity index is 1.78. The SMILES string of the molecule is Cc1ccc(NC(=O)/C(C#N)=C/c2ccc(Cc3ccccc3Cl)c(Cl)c2)cc1. The van der Waals surface area contributed by atoms with Crippen LogP contribution in [0.5, 0.6) is 0 Å². The van der Waals surface area contributed by atoms with E-state index in [2.05, 4.69) is 5.32 Å². The summed E-state index contributed by atoms with van der Waals surface area (Å²) in [6.45, 7) is 1.96. The van der Waals surface area contributed by atoms with Crippen molar-refractivity contribution in [2.45, 2.75) is 13.3 Å². The quantitative estimate of drug-likeness (QED) is 0.381. The van der Waals surface area contributed by atoms with Crippen molar-refractivity contribution in [3.05, 3.63) is 105 Å². The molecule has 144 valence electrons. The number of nitrogens with one attached hydrogen (secondary N) is 1. The van der Waals surface area contributed by atoms with Crippen LogP contribution in [0.3, 0.4) is 0 Å². The van der Waals surface area contributed by atoms with Gasteiger partial charge in [-0.15, -0.1) is 0 Å². The van der Waals surface area contributed by atoms with Crippen molar-refractivity contribution < 1.29 is 4.79 Å². The first-order valence-electron chi connectivity index (χ1n) is 8.98. The minimum Gasteiger partial charge on any atom is -0.321 e. The molecule has 0 unspecified atom stereocenters. The maximum atomic E-state index is 12.4. The van der Waals surface area contributed by atoms with Crippen LogP contribution in [-0.2, 0) is 11.2 Å². The second-order valence-electron chi connectivity index (χ2n) is 6.61. The molecule has 0 bridgehead atoms. The zero-order chi connectivity index (χ0) is 20.8. The van der Waals surface area contributed by atoms with Gasteiger partial charge in [-0.05, 0) is 54.0 Å². The van der Waals surface area contributed by atoms with E-state index in [0.717, 1.165) is 16.7 Å². The van der Waals surface area contributed by atoms with Gasteiger partial charge in [0.25, 0.3) is 5.91 Å². The fraction of sp³-hybridized carbons (Fsp3) is 0.0833. The fourth-order valence-electron chi connectivity index (χ4n) is 2.79. The van der Waals surface area contributed by atoms with Gasteiger partial charge in [-0.25, -0.2) is 0 Å². The van der Waals surface area contributed by atoms with E-state index < -0.39 is 5.91 Å². The minimum atomic E-state index is -0.465. The maximum Gasteiger partial charge on any atom is 0.266 e. The van der Waals surface area contributed by atoms with E-state index in [1.54, 1.807) is 18.2 Å². The molecular weight excluding hydrogens is 403 g/mol. The van der Waals surface area contributed by atoms with Gasteiger partial charge in [-0.1, -0.05) is 71.2 Å².